The fourth-order valence-corrected chi connectivity index (χ4v) is 4.80. The van der Waals surface area contributed by atoms with Crippen molar-refractivity contribution in [1.82, 2.24) is 20.0 Å². The van der Waals surface area contributed by atoms with E-state index < -0.39 is 0 Å². The predicted molar refractivity (Wildman–Crippen MR) is 115 cm³/mol. The Morgan fingerprint density at radius 1 is 0.931 bits per heavy atom. The molecule has 1 N–H and O–H groups in total. The lowest BCUT2D eigenvalue weighted by molar-refractivity contribution is -0.134. The molecule has 2 amide bonds. The molecule has 2 aliphatic rings. The van der Waals surface area contributed by atoms with E-state index in [2.05, 4.69) is 26.6 Å². The molecule has 0 saturated carbocycles. The van der Waals surface area contributed by atoms with Gasteiger partial charge in [-0.25, -0.2) is 0 Å². The van der Waals surface area contributed by atoms with Gasteiger partial charge in [0, 0.05) is 50.7 Å². The van der Waals surface area contributed by atoms with E-state index in [0.29, 0.717) is 19.6 Å². The number of nitrogens with zero attached hydrogens (tertiary/aromatic N) is 3. The lowest BCUT2D eigenvalue weighted by Gasteiger charge is -2.35. The van der Waals surface area contributed by atoms with E-state index >= 15 is 0 Å². The quantitative estimate of drug-likeness (QED) is 0.783. The third kappa shape index (κ3) is 5.44. The van der Waals surface area contributed by atoms with Crippen LogP contribution in [0.2, 0.25) is 0 Å². The Labute approximate surface area is 176 Å². The van der Waals surface area contributed by atoms with Crippen LogP contribution in [0, 0.1) is 0 Å². The van der Waals surface area contributed by atoms with Crippen LogP contribution in [0.1, 0.15) is 16.0 Å². The van der Waals surface area contributed by atoms with E-state index in [9.17, 15) is 9.59 Å². The Bertz CT molecular complexity index is 830. The first-order valence-corrected chi connectivity index (χ1v) is 11.1. The molecule has 3 heterocycles. The molecule has 2 aliphatic heterocycles. The summed E-state index contributed by atoms with van der Waals surface area (Å²) in [5.41, 5.74) is 2.41. The SMILES string of the molecule is O=C(CN1CCN(CC(=O)N2CCc3sccc3C2)CC1)NCc1ccccc1. The van der Waals surface area contributed by atoms with Crippen LogP contribution in [0.3, 0.4) is 0 Å². The van der Waals surface area contributed by atoms with E-state index in [1.54, 1.807) is 11.3 Å². The lowest BCUT2D eigenvalue weighted by Crippen LogP contribution is -2.52. The second-order valence-electron chi connectivity index (χ2n) is 7.75. The van der Waals surface area contributed by atoms with E-state index in [1.807, 2.05) is 35.2 Å². The summed E-state index contributed by atoms with van der Waals surface area (Å²) >= 11 is 1.80. The van der Waals surface area contributed by atoms with E-state index in [4.69, 9.17) is 0 Å². The Morgan fingerprint density at radius 3 is 2.41 bits per heavy atom. The number of piperazine rings is 1. The van der Waals surface area contributed by atoms with Gasteiger partial charge in [0.1, 0.15) is 0 Å². The molecule has 0 radical (unpaired) electrons. The highest BCUT2D eigenvalue weighted by molar-refractivity contribution is 7.10. The summed E-state index contributed by atoms with van der Waals surface area (Å²) in [6, 6.07) is 12.1. The number of amides is 2. The molecule has 1 saturated heterocycles. The molecule has 29 heavy (non-hydrogen) atoms. The van der Waals surface area contributed by atoms with Crippen LogP contribution in [0.5, 0.6) is 0 Å². The maximum Gasteiger partial charge on any atom is 0.237 e. The number of rotatable bonds is 6. The molecule has 2 aromatic rings. The number of fused-ring (bicyclic) bond motifs is 1. The van der Waals surface area contributed by atoms with Crippen molar-refractivity contribution in [2.75, 3.05) is 45.8 Å². The van der Waals surface area contributed by atoms with Gasteiger partial charge in [0.05, 0.1) is 13.1 Å². The highest BCUT2D eigenvalue weighted by atomic mass is 32.1. The highest BCUT2D eigenvalue weighted by Gasteiger charge is 2.25. The van der Waals surface area contributed by atoms with Gasteiger partial charge in [-0.2, -0.15) is 0 Å². The average Bonchev–Trinajstić information content (AvgIpc) is 3.22. The van der Waals surface area contributed by atoms with Crippen molar-refractivity contribution >= 4 is 23.2 Å². The summed E-state index contributed by atoms with van der Waals surface area (Å²) in [6.07, 6.45) is 0.977. The number of nitrogens with one attached hydrogen (secondary N) is 1. The van der Waals surface area contributed by atoms with Crippen LogP contribution in [0.15, 0.2) is 41.8 Å². The second kappa shape index (κ2) is 9.52. The first kappa shape index (κ1) is 20.1. The van der Waals surface area contributed by atoms with E-state index in [1.165, 1.54) is 10.4 Å². The lowest BCUT2D eigenvalue weighted by atomic mass is 10.1. The monoisotopic (exact) mass is 412 g/mol. The van der Waals surface area contributed by atoms with Crippen LogP contribution < -0.4 is 5.32 Å². The van der Waals surface area contributed by atoms with Gasteiger partial charge in [0.2, 0.25) is 11.8 Å². The minimum Gasteiger partial charge on any atom is -0.351 e. The summed E-state index contributed by atoms with van der Waals surface area (Å²) in [5, 5.41) is 5.10. The third-order valence-electron chi connectivity index (χ3n) is 5.68. The van der Waals surface area contributed by atoms with Crippen molar-refractivity contribution in [2.45, 2.75) is 19.5 Å². The average molecular weight is 413 g/mol. The number of thiophene rings is 1. The first-order chi connectivity index (χ1) is 14.2. The largest absolute Gasteiger partial charge is 0.351 e. The number of hydrogen-bond donors (Lipinski definition) is 1. The Balaban J connectivity index is 1.16. The van der Waals surface area contributed by atoms with Crippen LogP contribution in [0.4, 0.5) is 0 Å². The number of carbonyl (C=O) groups is 2. The Kier molecular flexibility index (Phi) is 6.59. The van der Waals surface area contributed by atoms with Crippen LogP contribution in [-0.4, -0.2) is 72.3 Å². The molecule has 0 bridgehead atoms. The summed E-state index contributed by atoms with van der Waals surface area (Å²) in [5.74, 6) is 0.272. The van der Waals surface area contributed by atoms with Crippen molar-refractivity contribution in [3.05, 3.63) is 57.8 Å². The molecule has 154 valence electrons. The molecule has 0 spiro atoms. The molecule has 0 atom stereocenters. The fourth-order valence-electron chi connectivity index (χ4n) is 3.91. The molecule has 4 rings (SSSR count). The molecule has 0 aliphatic carbocycles. The molecule has 1 aromatic carbocycles. The standard InChI is InChI=1S/C22H28N4O2S/c27-21(23-14-18-4-2-1-3-5-18)16-24-9-11-25(12-10-24)17-22(28)26-8-6-20-19(15-26)7-13-29-20/h1-5,7,13H,6,8-12,14-17H2,(H,23,27). The molecular weight excluding hydrogens is 384 g/mol. The second-order valence-corrected chi connectivity index (χ2v) is 8.75. The predicted octanol–water partition coefficient (Wildman–Crippen LogP) is 1.57. The van der Waals surface area contributed by atoms with Crippen molar-refractivity contribution in [3.63, 3.8) is 0 Å². The summed E-state index contributed by atoms with van der Waals surface area (Å²) in [6.45, 7) is 6.34. The van der Waals surface area contributed by atoms with Crippen LogP contribution in [-0.2, 0) is 29.1 Å². The molecule has 6 nitrogen and oxygen atoms in total. The molecule has 0 unspecified atom stereocenters. The molecular formula is C22H28N4O2S. The van der Waals surface area contributed by atoms with Gasteiger partial charge in [-0.3, -0.25) is 19.4 Å². The number of benzene rings is 1. The van der Waals surface area contributed by atoms with Crippen molar-refractivity contribution in [1.29, 1.82) is 0 Å². The highest BCUT2D eigenvalue weighted by Crippen LogP contribution is 2.24. The number of carbonyl (C=O) groups excluding carboxylic acids is 2. The third-order valence-corrected chi connectivity index (χ3v) is 6.71. The zero-order valence-corrected chi connectivity index (χ0v) is 17.5. The summed E-state index contributed by atoms with van der Waals surface area (Å²) in [4.78, 5) is 32.7. The zero-order chi connectivity index (χ0) is 20.1. The zero-order valence-electron chi connectivity index (χ0n) is 16.7. The van der Waals surface area contributed by atoms with Crippen molar-refractivity contribution in [2.24, 2.45) is 0 Å². The van der Waals surface area contributed by atoms with Gasteiger partial charge in [0.25, 0.3) is 0 Å². The minimum atomic E-state index is 0.0539. The van der Waals surface area contributed by atoms with Gasteiger partial charge in [0.15, 0.2) is 0 Å². The topological polar surface area (TPSA) is 55.9 Å². The Hall–Kier alpha value is -2.22. The maximum atomic E-state index is 12.7. The molecule has 1 fully saturated rings. The smallest absolute Gasteiger partial charge is 0.237 e. The first-order valence-electron chi connectivity index (χ1n) is 10.3. The molecule has 1 aromatic heterocycles. The summed E-state index contributed by atoms with van der Waals surface area (Å²) in [7, 11) is 0. The van der Waals surface area contributed by atoms with Gasteiger partial charge in [-0.15, -0.1) is 11.3 Å². The van der Waals surface area contributed by atoms with Gasteiger partial charge in [-0.1, -0.05) is 30.3 Å². The molecule has 7 heteroatoms. The van der Waals surface area contributed by atoms with Crippen LogP contribution >= 0.6 is 11.3 Å². The summed E-state index contributed by atoms with van der Waals surface area (Å²) < 4.78 is 0. The number of hydrogen-bond acceptors (Lipinski definition) is 5. The van der Waals surface area contributed by atoms with Gasteiger partial charge in [-0.05, 0) is 29.0 Å². The van der Waals surface area contributed by atoms with Gasteiger partial charge < -0.3 is 10.2 Å². The van der Waals surface area contributed by atoms with Gasteiger partial charge >= 0.3 is 0 Å². The van der Waals surface area contributed by atoms with Crippen molar-refractivity contribution < 1.29 is 9.59 Å². The minimum absolute atomic E-state index is 0.0539. The Morgan fingerprint density at radius 2 is 1.66 bits per heavy atom. The van der Waals surface area contributed by atoms with Crippen molar-refractivity contribution in [3.8, 4) is 0 Å². The normalized spacial score (nSPS) is 17.7. The van der Waals surface area contributed by atoms with E-state index in [0.717, 1.165) is 51.3 Å². The maximum absolute atomic E-state index is 12.7. The fraction of sp³-hybridized carbons (Fsp3) is 0.455. The van der Waals surface area contributed by atoms with Crippen LogP contribution in [0.25, 0.3) is 0 Å². The van der Waals surface area contributed by atoms with E-state index in [-0.39, 0.29) is 11.8 Å².